The van der Waals surface area contributed by atoms with Crippen LogP contribution in [0, 0.1) is 13.8 Å². The van der Waals surface area contributed by atoms with Crippen molar-refractivity contribution in [2.75, 3.05) is 26.3 Å². The van der Waals surface area contributed by atoms with Crippen molar-refractivity contribution < 1.29 is 48.5 Å². The molecule has 0 bridgehead atoms. The summed E-state index contributed by atoms with van der Waals surface area (Å²) in [6.07, 6.45) is 23.5. The van der Waals surface area contributed by atoms with Crippen molar-refractivity contribution in [3.63, 3.8) is 0 Å². The molecule has 0 radical (unpaired) electrons. The van der Waals surface area contributed by atoms with Gasteiger partial charge in [0.05, 0.1) is 32.9 Å². The van der Waals surface area contributed by atoms with E-state index in [4.69, 9.17) is 31.2 Å². The monoisotopic (exact) mass is 902 g/mol. The molecule has 2 amide bonds. The summed E-state index contributed by atoms with van der Waals surface area (Å²) in [7, 11) is 0. The van der Waals surface area contributed by atoms with Crippen molar-refractivity contribution in [1.29, 1.82) is 0 Å². The summed E-state index contributed by atoms with van der Waals surface area (Å²) in [5.74, 6) is -5.52. The van der Waals surface area contributed by atoms with E-state index in [-0.39, 0.29) is 22.6 Å². The summed E-state index contributed by atoms with van der Waals surface area (Å²) < 4.78 is 14.9. The predicted molar refractivity (Wildman–Crippen MR) is 252 cm³/mol. The Kier molecular flexibility index (Phi) is 22.0. The number of ether oxygens (including phenoxy) is 2. The van der Waals surface area contributed by atoms with Crippen LogP contribution < -0.4 is 26.3 Å². The van der Waals surface area contributed by atoms with E-state index in [0.29, 0.717) is 35.2 Å². The lowest BCUT2D eigenvalue weighted by molar-refractivity contribution is -0.140. The van der Waals surface area contributed by atoms with Crippen LogP contribution in [0.25, 0.3) is 21.8 Å². The van der Waals surface area contributed by atoms with Crippen LogP contribution in [0.2, 0.25) is 0 Å². The minimum absolute atomic E-state index is 0.176. The predicted octanol–water partition coefficient (Wildman–Crippen LogP) is 8.57. The smallest absolute Gasteiger partial charge is 0.341 e. The van der Waals surface area contributed by atoms with Crippen LogP contribution in [-0.4, -0.2) is 81.0 Å². The Bertz CT molecular complexity index is 2070. The Morgan fingerprint density at radius 2 is 0.800 bits per heavy atom. The molecule has 0 aliphatic carbocycles. The molecule has 15 nitrogen and oxygen atoms in total. The molecule has 2 heterocycles. The maximum Gasteiger partial charge on any atom is 0.341 e. The average molecular weight is 902 g/mol. The lowest BCUT2D eigenvalue weighted by Crippen LogP contribution is -2.24. The summed E-state index contributed by atoms with van der Waals surface area (Å²) in [5, 5.41) is 22.6. The van der Waals surface area contributed by atoms with Crippen LogP contribution >= 0.6 is 0 Å². The number of aryl methyl sites for hydroxylation is 2. The van der Waals surface area contributed by atoms with Crippen LogP contribution in [0.3, 0.4) is 0 Å². The number of rotatable bonds is 36. The molecule has 0 fully saturated rings. The molecule has 0 aliphatic heterocycles. The highest BCUT2D eigenvalue weighted by molar-refractivity contribution is 6.45. The molecule has 0 aliphatic rings. The number of amides is 2. The molecule has 65 heavy (non-hydrogen) atoms. The van der Waals surface area contributed by atoms with Gasteiger partial charge in [-0.1, -0.05) is 115 Å². The number of nitrogens with two attached hydrogens (primary N) is 2. The number of carbonyl (C=O) groups is 6. The molecule has 4 rings (SSSR count). The molecule has 15 heteroatoms. The fraction of sp³-hybridized carbons (Fsp3) is 0.560. The van der Waals surface area contributed by atoms with Crippen molar-refractivity contribution in [3.8, 4) is 11.5 Å². The number of benzene rings is 2. The molecule has 2 aromatic heterocycles. The number of carboxylic acids is 2. The largest absolute Gasteiger partial charge is 0.481 e. The summed E-state index contributed by atoms with van der Waals surface area (Å²) in [5.41, 5.74) is 13.8. The number of nitrogens with zero attached hydrogens (tertiary/aromatic N) is 2. The fourth-order valence-corrected chi connectivity index (χ4v) is 8.88. The number of carbonyl (C=O) groups excluding carboxylic acids is 4. The first-order valence-corrected chi connectivity index (χ1v) is 23.7. The van der Waals surface area contributed by atoms with Gasteiger partial charge in [-0.15, -0.1) is 0 Å². The number of fused-ring (bicyclic) bond motifs is 2. The van der Waals surface area contributed by atoms with Gasteiger partial charge in [0, 0.05) is 24.5 Å². The molecule has 4 aromatic rings. The molecule has 0 unspecified atom stereocenters. The third-order valence-corrected chi connectivity index (χ3v) is 12.2. The molecular weight excluding hydrogens is 831 g/mol. The van der Waals surface area contributed by atoms with E-state index < -0.39 is 48.5 Å². The highest BCUT2D eigenvalue weighted by Gasteiger charge is 2.27. The van der Waals surface area contributed by atoms with E-state index in [1.165, 1.54) is 89.9 Å². The molecule has 356 valence electrons. The third-order valence-electron chi connectivity index (χ3n) is 12.2. The van der Waals surface area contributed by atoms with Crippen molar-refractivity contribution in [2.45, 2.75) is 155 Å². The maximum absolute atomic E-state index is 12.8. The molecule has 0 saturated carbocycles. The highest BCUT2D eigenvalue weighted by Crippen LogP contribution is 2.36. The second kappa shape index (κ2) is 27.6. The Morgan fingerprint density at radius 3 is 1.11 bits per heavy atom. The van der Waals surface area contributed by atoms with Gasteiger partial charge in [0.15, 0.2) is 13.2 Å². The molecule has 0 atom stereocenters. The minimum Gasteiger partial charge on any atom is -0.481 e. The number of aliphatic carboxylic acids is 2. The first-order valence-electron chi connectivity index (χ1n) is 23.7. The number of primary amides is 2. The topological polar surface area (TPSA) is 235 Å². The first-order chi connectivity index (χ1) is 31.3. The zero-order valence-electron chi connectivity index (χ0n) is 38.6. The number of unbranched alkanes of at least 4 members (excludes halogenated alkanes) is 18. The van der Waals surface area contributed by atoms with Gasteiger partial charge < -0.3 is 45.6 Å². The van der Waals surface area contributed by atoms with Gasteiger partial charge in [0.25, 0.3) is 23.4 Å². The van der Waals surface area contributed by atoms with Crippen molar-refractivity contribution in [3.05, 3.63) is 58.9 Å². The van der Waals surface area contributed by atoms with Crippen molar-refractivity contribution in [1.82, 2.24) is 14.5 Å². The Labute approximate surface area is 382 Å². The summed E-state index contributed by atoms with van der Waals surface area (Å²) >= 11 is 0. The lowest BCUT2D eigenvalue weighted by Gasteiger charge is -2.09. The average Bonchev–Trinajstić information content (AvgIpc) is 3.72. The zero-order chi connectivity index (χ0) is 47.1. The molecular formula is C50H71N5O10. The van der Waals surface area contributed by atoms with Crippen LogP contribution in [0.4, 0.5) is 0 Å². The number of carboxylic acid groups (broad SMARTS) is 2. The van der Waals surface area contributed by atoms with Crippen molar-refractivity contribution in [2.24, 2.45) is 11.5 Å². The second-order valence-electron chi connectivity index (χ2n) is 17.1. The highest BCUT2D eigenvalue weighted by atomic mass is 16.5. The Balaban J connectivity index is 0.962. The van der Waals surface area contributed by atoms with Gasteiger partial charge in [-0.25, -0.2) is 9.59 Å². The summed E-state index contributed by atoms with van der Waals surface area (Å²) in [4.78, 5) is 71.5. The molecule has 2 aromatic carbocycles. The van der Waals surface area contributed by atoms with Gasteiger partial charge in [-0.3, -0.25) is 19.2 Å². The summed E-state index contributed by atoms with van der Waals surface area (Å²) in [6, 6.07) is 10.4. The number of nitrogens with one attached hydrogen (secondary N) is 1. The van der Waals surface area contributed by atoms with E-state index in [0.717, 1.165) is 62.6 Å². The minimum atomic E-state index is -1.13. The fourth-order valence-electron chi connectivity index (χ4n) is 8.88. The normalized spacial score (nSPS) is 11.4. The van der Waals surface area contributed by atoms with Crippen LogP contribution in [-0.2, 0) is 32.3 Å². The van der Waals surface area contributed by atoms with E-state index in [9.17, 15) is 28.8 Å². The summed E-state index contributed by atoms with van der Waals surface area (Å²) in [6.45, 7) is 5.95. The van der Waals surface area contributed by atoms with Crippen LogP contribution in [0.1, 0.15) is 161 Å². The van der Waals surface area contributed by atoms with E-state index in [1.54, 1.807) is 38.1 Å². The lowest BCUT2D eigenvalue weighted by atomic mass is 10.1. The number of ketones is 2. The van der Waals surface area contributed by atoms with Gasteiger partial charge >= 0.3 is 11.9 Å². The second-order valence-corrected chi connectivity index (χ2v) is 17.1. The molecule has 0 saturated heterocycles. The Morgan fingerprint density at radius 1 is 0.492 bits per heavy atom. The standard InChI is InChI=1S/C50H71N5O10/c1-35-43(47(60)49(51)62)45-37(25-23-27-39(45)64-33-41(56)57)54(35)31-21-17-13-9-5-3-7-11-15-19-29-53-30-20-16-12-8-4-6-10-14-18-22-32-55-36(2)44(48(61)50(52)63)46-38(55)26-24-28-40(46)65-34-42(58)59/h23-28,53H,3-22,29-34H2,1-2H3,(H2,51,62)(H2,52,63)(H,56,57)(H,58,59). The quantitative estimate of drug-likeness (QED) is 0.0165. The van der Waals surface area contributed by atoms with Crippen molar-refractivity contribution >= 4 is 57.1 Å². The number of hydrogen-bond acceptors (Lipinski definition) is 9. The van der Waals surface area contributed by atoms with Gasteiger partial charge in [-0.05, 0) is 76.9 Å². The van der Waals surface area contributed by atoms with Gasteiger partial charge in [-0.2, -0.15) is 0 Å². The zero-order valence-corrected chi connectivity index (χ0v) is 38.6. The molecule has 7 N–H and O–H groups in total. The van der Waals surface area contributed by atoms with Crippen LogP contribution in [0.5, 0.6) is 11.5 Å². The first kappa shape index (κ1) is 51.9. The van der Waals surface area contributed by atoms with Crippen LogP contribution in [0.15, 0.2) is 36.4 Å². The van der Waals surface area contributed by atoms with Gasteiger partial charge in [0.2, 0.25) is 0 Å². The van der Waals surface area contributed by atoms with Gasteiger partial charge in [0.1, 0.15) is 11.5 Å². The SMILES string of the molecule is Cc1c(C(=O)C(N)=O)c2c(OCC(=O)O)cccc2n1CCCCCCCCCCCCNCCCCCCCCCCCCn1c(C)c(C(=O)C(N)=O)c2c(OCC(=O)O)cccc21. The number of aromatic nitrogens is 2. The maximum atomic E-state index is 12.8. The Hall–Kier alpha value is -5.70. The third kappa shape index (κ3) is 15.8. The van der Waals surface area contributed by atoms with E-state index in [1.807, 2.05) is 21.3 Å². The van der Waals surface area contributed by atoms with E-state index >= 15 is 0 Å². The molecule has 0 spiro atoms. The number of hydrogen-bond donors (Lipinski definition) is 5. The number of Topliss-reactive ketones (excluding diaryl/α,β-unsaturated/α-hetero) is 2. The van der Waals surface area contributed by atoms with E-state index in [2.05, 4.69) is 5.32 Å².